The van der Waals surface area contributed by atoms with Gasteiger partial charge in [-0.25, -0.2) is 0 Å². The highest BCUT2D eigenvalue weighted by Gasteiger charge is 2.25. The molecule has 1 fully saturated rings. The molecule has 0 unspecified atom stereocenters. The molecular formula is C17H28N2O2. The van der Waals surface area contributed by atoms with E-state index in [1.807, 2.05) is 18.2 Å². The number of hydrogen-bond donors (Lipinski definition) is 2. The van der Waals surface area contributed by atoms with Crippen LogP contribution in [0.4, 0.5) is 0 Å². The lowest BCUT2D eigenvalue weighted by Crippen LogP contribution is -2.45. The van der Waals surface area contributed by atoms with Crippen molar-refractivity contribution in [3.63, 3.8) is 0 Å². The van der Waals surface area contributed by atoms with E-state index in [2.05, 4.69) is 24.1 Å². The summed E-state index contributed by atoms with van der Waals surface area (Å²) in [7, 11) is 1.60. The topological polar surface area (TPSA) is 44.7 Å². The molecule has 2 N–H and O–H groups in total. The summed E-state index contributed by atoms with van der Waals surface area (Å²) in [6.07, 6.45) is 2.23. The maximum Gasteiger partial charge on any atom is 0.162 e. The summed E-state index contributed by atoms with van der Waals surface area (Å²) in [5.74, 6) is 1.53. The summed E-state index contributed by atoms with van der Waals surface area (Å²) in [5.41, 5.74) is 0.997. The van der Waals surface area contributed by atoms with E-state index in [0.717, 1.165) is 44.6 Å². The Balaban J connectivity index is 2.24. The molecule has 0 aromatic heterocycles. The number of hydrogen-bond acceptors (Lipinski definition) is 4. The number of aromatic hydroxyl groups is 1. The van der Waals surface area contributed by atoms with Crippen LogP contribution in [0.2, 0.25) is 0 Å². The van der Waals surface area contributed by atoms with Crippen molar-refractivity contribution in [1.82, 2.24) is 10.2 Å². The van der Waals surface area contributed by atoms with Gasteiger partial charge in [0.25, 0.3) is 0 Å². The van der Waals surface area contributed by atoms with E-state index in [9.17, 15) is 5.11 Å². The largest absolute Gasteiger partial charge is 0.504 e. The van der Waals surface area contributed by atoms with Gasteiger partial charge in [-0.15, -0.1) is 0 Å². The highest BCUT2D eigenvalue weighted by molar-refractivity contribution is 5.47. The Labute approximate surface area is 128 Å². The van der Waals surface area contributed by atoms with Crippen LogP contribution in [0.5, 0.6) is 11.5 Å². The van der Waals surface area contributed by atoms with Crippen molar-refractivity contribution in [3.8, 4) is 11.5 Å². The number of para-hydroxylation sites is 1. The minimum atomic E-state index is 0.268. The van der Waals surface area contributed by atoms with Crippen molar-refractivity contribution in [2.24, 2.45) is 5.92 Å². The quantitative estimate of drug-likeness (QED) is 0.846. The van der Waals surface area contributed by atoms with Crippen molar-refractivity contribution < 1.29 is 9.84 Å². The minimum absolute atomic E-state index is 0.268. The lowest BCUT2D eigenvalue weighted by atomic mass is 9.95. The van der Waals surface area contributed by atoms with Gasteiger partial charge in [0.15, 0.2) is 11.5 Å². The molecule has 0 amide bonds. The van der Waals surface area contributed by atoms with Crippen LogP contribution in [-0.4, -0.2) is 43.3 Å². The number of methoxy groups -OCH3 is 1. The maximum absolute atomic E-state index is 10.5. The van der Waals surface area contributed by atoms with Gasteiger partial charge in [0.05, 0.1) is 7.11 Å². The fourth-order valence-corrected chi connectivity index (χ4v) is 2.99. The zero-order valence-electron chi connectivity index (χ0n) is 13.4. The fraction of sp³-hybridized carbons (Fsp3) is 0.647. The maximum atomic E-state index is 10.5. The molecule has 1 aliphatic heterocycles. The number of piperazine rings is 1. The second-order valence-corrected chi connectivity index (χ2v) is 6.17. The fourth-order valence-electron chi connectivity index (χ4n) is 2.99. The number of nitrogens with one attached hydrogen (secondary N) is 1. The number of phenols is 1. The van der Waals surface area contributed by atoms with Gasteiger partial charge < -0.3 is 15.2 Å². The van der Waals surface area contributed by atoms with Crippen molar-refractivity contribution in [2.75, 3.05) is 33.3 Å². The highest BCUT2D eigenvalue weighted by Crippen LogP contribution is 2.38. The average Bonchev–Trinajstić information content (AvgIpc) is 2.50. The van der Waals surface area contributed by atoms with E-state index in [0.29, 0.717) is 17.4 Å². The van der Waals surface area contributed by atoms with Crippen LogP contribution < -0.4 is 10.1 Å². The highest BCUT2D eigenvalue weighted by atomic mass is 16.5. The van der Waals surface area contributed by atoms with Crippen LogP contribution in [0.1, 0.15) is 38.3 Å². The number of nitrogens with zero attached hydrogens (tertiary/aromatic N) is 1. The molecule has 1 aromatic rings. The Hall–Kier alpha value is -1.26. The molecule has 1 heterocycles. The van der Waals surface area contributed by atoms with Crippen LogP contribution in [0, 0.1) is 5.92 Å². The predicted molar refractivity (Wildman–Crippen MR) is 85.9 cm³/mol. The zero-order chi connectivity index (χ0) is 15.2. The van der Waals surface area contributed by atoms with Gasteiger partial charge in [-0.2, -0.15) is 0 Å². The monoisotopic (exact) mass is 292 g/mol. The van der Waals surface area contributed by atoms with Gasteiger partial charge in [0.2, 0.25) is 0 Å². The molecule has 0 radical (unpaired) electrons. The number of ether oxygens (including phenoxy) is 1. The zero-order valence-corrected chi connectivity index (χ0v) is 13.4. The summed E-state index contributed by atoms with van der Waals surface area (Å²) < 4.78 is 5.27. The van der Waals surface area contributed by atoms with Gasteiger partial charge in [-0.1, -0.05) is 26.0 Å². The Morgan fingerprint density at radius 3 is 2.57 bits per heavy atom. The number of benzene rings is 1. The first kappa shape index (κ1) is 16.1. The van der Waals surface area contributed by atoms with Gasteiger partial charge in [0.1, 0.15) is 0 Å². The molecule has 2 rings (SSSR count). The minimum Gasteiger partial charge on any atom is -0.504 e. The standard InChI is InChI=1S/C17H28N2O2/c1-13(2)7-8-15(19-11-9-18-10-12-19)14-5-4-6-16(21-3)17(14)20/h4-6,13,15,18,20H,7-12H2,1-3H3/t15-/m1/s1. The molecule has 21 heavy (non-hydrogen) atoms. The van der Waals surface area contributed by atoms with E-state index >= 15 is 0 Å². The molecule has 1 aromatic carbocycles. The van der Waals surface area contributed by atoms with Crippen LogP contribution >= 0.6 is 0 Å². The molecule has 118 valence electrons. The predicted octanol–water partition coefficient (Wildman–Crippen LogP) is 2.78. The van der Waals surface area contributed by atoms with Crippen molar-refractivity contribution in [1.29, 1.82) is 0 Å². The lowest BCUT2D eigenvalue weighted by molar-refractivity contribution is 0.157. The van der Waals surface area contributed by atoms with Gasteiger partial charge in [-0.3, -0.25) is 4.90 Å². The first-order valence-electron chi connectivity index (χ1n) is 7.94. The summed E-state index contributed by atoms with van der Waals surface area (Å²) in [6.45, 7) is 8.59. The lowest BCUT2D eigenvalue weighted by Gasteiger charge is -2.36. The smallest absolute Gasteiger partial charge is 0.162 e. The van der Waals surface area contributed by atoms with E-state index in [-0.39, 0.29) is 6.04 Å². The normalized spacial score (nSPS) is 17.9. The van der Waals surface area contributed by atoms with E-state index in [4.69, 9.17) is 4.74 Å². The first-order valence-corrected chi connectivity index (χ1v) is 7.94. The van der Waals surface area contributed by atoms with E-state index in [1.54, 1.807) is 7.11 Å². The Kier molecular flexibility index (Phi) is 5.88. The molecule has 1 aliphatic rings. The SMILES string of the molecule is COc1cccc([C@@H](CCC(C)C)N2CCNCC2)c1O. The molecule has 1 saturated heterocycles. The van der Waals surface area contributed by atoms with Gasteiger partial charge in [0, 0.05) is 37.8 Å². The third kappa shape index (κ3) is 4.11. The Morgan fingerprint density at radius 1 is 1.24 bits per heavy atom. The molecule has 0 spiro atoms. The van der Waals surface area contributed by atoms with Gasteiger partial charge in [-0.05, 0) is 24.8 Å². The molecule has 4 heteroatoms. The summed E-state index contributed by atoms with van der Waals surface area (Å²) in [4.78, 5) is 2.48. The molecule has 0 bridgehead atoms. The van der Waals surface area contributed by atoms with Crippen molar-refractivity contribution in [3.05, 3.63) is 23.8 Å². The molecule has 4 nitrogen and oxygen atoms in total. The molecular weight excluding hydrogens is 264 g/mol. The van der Waals surface area contributed by atoms with Crippen LogP contribution in [0.3, 0.4) is 0 Å². The summed E-state index contributed by atoms with van der Waals surface area (Å²) >= 11 is 0. The van der Waals surface area contributed by atoms with Gasteiger partial charge >= 0.3 is 0 Å². The summed E-state index contributed by atoms with van der Waals surface area (Å²) in [6, 6.07) is 6.09. The molecule has 0 aliphatic carbocycles. The summed E-state index contributed by atoms with van der Waals surface area (Å²) in [5, 5.41) is 13.9. The first-order chi connectivity index (χ1) is 10.1. The van der Waals surface area contributed by atoms with Crippen LogP contribution in [0.25, 0.3) is 0 Å². The van der Waals surface area contributed by atoms with E-state index < -0.39 is 0 Å². The third-order valence-corrected chi connectivity index (χ3v) is 4.22. The van der Waals surface area contributed by atoms with Crippen LogP contribution in [0.15, 0.2) is 18.2 Å². The van der Waals surface area contributed by atoms with Crippen LogP contribution in [-0.2, 0) is 0 Å². The van der Waals surface area contributed by atoms with E-state index in [1.165, 1.54) is 0 Å². The van der Waals surface area contributed by atoms with Crippen molar-refractivity contribution in [2.45, 2.75) is 32.7 Å². The second kappa shape index (κ2) is 7.66. The number of rotatable bonds is 6. The van der Waals surface area contributed by atoms with Crippen molar-refractivity contribution >= 4 is 0 Å². The third-order valence-electron chi connectivity index (χ3n) is 4.22. The number of phenolic OH excluding ortho intramolecular Hbond substituents is 1. The Morgan fingerprint density at radius 2 is 1.95 bits per heavy atom. The Bertz CT molecular complexity index is 442. The molecule has 1 atom stereocenters. The molecule has 0 saturated carbocycles. The second-order valence-electron chi connectivity index (χ2n) is 6.17. The average molecular weight is 292 g/mol.